The third kappa shape index (κ3) is 9.50. The van der Waals surface area contributed by atoms with Crippen molar-refractivity contribution < 1.29 is 43.5 Å². The van der Waals surface area contributed by atoms with Crippen LogP contribution in [0, 0.1) is 58.2 Å². The molecule has 0 aliphatic heterocycles. The largest absolute Gasteiger partial charge is 0.458 e. The molecule has 0 aromatic heterocycles. The lowest BCUT2D eigenvalue weighted by Gasteiger charge is -2.56. The third-order valence-electron chi connectivity index (χ3n) is 14.1. The zero-order valence-corrected chi connectivity index (χ0v) is 35.4. The van der Waals surface area contributed by atoms with Gasteiger partial charge in [0.2, 0.25) is 0 Å². The van der Waals surface area contributed by atoms with E-state index in [9.17, 15) is 19.8 Å². The van der Waals surface area contributed by atoms with E-state index < -0.39 is 52.8 Å². The summed E-state index contributed by atoms with van der Waals surface area (Å²) in [6.07, 6.45) is 0.565. The summed E-state index contributed by atoms with van der Waals surface area (Å²) in [6.45, 7) is 24.0. The Labute approximate surface area is 321 Å². The summed E-state index contributed by atoms with van der Waals surface area (Å²) in [7, 11) is 4.98. The summed E-state index contributed by atoms with van der Waals surface area (Å²) < 4.78 is 31.0. The number of hydrogen-bond acceptors (Lipinski definition) is 9. The molecular weight excluding hydrogens is 672 g/mol. The molecule has 1 aromatic carbocycles. The quantitative estimate of drug-likeness (QED) is 0.205. The van der Waals surface area contributed by atoms with Gasteiger partial charge in [0, 0.05) is 52.1 Å². The van der Waals surface area contributed by atoms with Gasteiger partial charge < -0.3 is 33.9 Å². The van der Waals surface area contributed by atoms with E-state index in [0.717, 1.165) is 12.8 Å². The van der Waals surface area contributed by atoms with Gasteiger partial charge in [-0.2, -0.15) is 0 Å². The SMILES string of the molecule is CC[C@@](OC(C)=O)([C@@H]1[C@H](C)C[C@](O)([C@H](C)OC)[C@@H]1OC(=O)c1ccccc1)[C@@H]1C(C)[C@H](C)C[C@@H](O)[C@@](C)(COC)C[C@H](C)CC(C)(C)[C@@H](C)[C@H]1COC. The summed E-state index contributed by atoms with van der Waals surface area (Å²) in [4.78, 5) is 27.6. The Balaban J connectivity index is 2.41. The van der Waals surface area contributed by atoms with Crippen molar-refractivity contribution in [3.05, 3.63) is 35.9 Å². The molecule has 0 bridgehead atoms. The first-order valence-corrected chi connectivity index (χ1v) is 20.1. The fourth-order valence-electron chi connectivity index (χ4n) is 11.1. The number of ether oxygens (including phenoxy) is 5. The number of hydrogen-bond donors (Lipinski definition) is 2. The minimum atomic E-state index is -1.57. The first-order chi connectivity index (χ1) is 24.7. The molecule has 1 unspecified atom stereocenters. The summed E-state index contributed by atoms with van der Waals surface area (Å²) in [6, 6.07) is 8.80. The van der Waals surface area contributed by atoms with Crippen LogP contribution in [-0.2, 0) is 28.5 Å². The smallest absolute Gasteiger partial charge is 0.338 e. The molecule has 9 heteroatoms. The van der Waals surface area contributed by atoms with E-state index in [1.807, 2.05) is 13.0 Å². The van der Waals surface area contributed by atoms with Crippen LogP contribution in [0.1, 0.15) is 119 Å². The minimum Gasteiger partial charge on any atom is -0.458 e. The van der Waals surface area contributed by atoms with Crippen LogP contribution < -0.4 is 0 Å². The van der Waals surface area contributed by atoms with E-state index >= 15 is 0 Å². The van der Waals surface area contributed by atoms with Gasteiger partial charge in [-0.1, -0.05) is 80.5 Å². The van der Waals surface area contributed by atoms with E-state index in [1.165, 1.54) is 6.92 Å². The van der Waals surface area contributed by atoms with E-state index in [0.29, 0.717) is 37.5 Å². The molecule has 53 heavy (non-hydrogen) atoms. The van der Waals surface area contributed by atoms with E-state index in [4.69, 9.17) is 23.7 Å². The first kappa shape index (κ1) is 45.4. The molecular formula is C44H74O9. The van der Waals surface area contributed by atoms with Gasteiger partial charge in [-0.05, 0) is 92.1 Å². The highest BCUT2D eigenvalue weighted by Gasteiger charge is 2.67. The maximum absolute atomic E-state index is 14.0. The average molecular weight is 747 g/mol. The zero-order valence-electron chi connectivity index (χ0n) is 35.4. The number of benzene rings is 1. The predicted octanol–water partition coefficient (Wildman–Crippen LogP) is 7.99. The van der Waals surface area contributed by atoms with Gasteiger partial charge >= 0.3 is 11.9 Å². The number of rotatable bonds is 12. The molecule has 9 nitrogen and oxygen atoms in total. The molecule has 2 saturated carbocycles. The number of aliphatic hydroxyl groups is 2. The second-order valence-electron chi connectivity index (χ2n) is 18.3. The lowest BCUT2D eigenvalue weighted by Crippen LogP contribution is -2.62. The van der Waals surface area contributed by atoms with Crippen molar-refractivity contribution >= 4 is 11.9 Å². The van der Waals surface area contributed by atoms with Gasteiger partial charge in [-0.15, -0.1) is 0 Å². The summed E-state index contributed by atoms with van der Waals surface area (Å²) in [5.74, 6) is -1.97. The summed E-state index contributed by atoms with van der Waals surface area (Å²) in [5.41, 5.74) is -3.04. The number of carbonyl (C=O) groups is 2. The molecule has 2 N–H and O–H groups in total. The van der Waals surface area contributed by atoms with Crippen molar-refractivity contribution in [1.82, 2.24) is 0 Å². The molecule has 0 spiro atoms. The molecule has 0 amide bonds. The van der Waals surface area contributed by atoms with Crippen LogP contribution >= 0.6 is 0 Å². The van der Waals surface area contributed by atoms with Crippen LogP contribution in [0.25, 0.3) is 0 Å². The Morgan fingerprint density at radius 2 is 1.55 bits per heavy atom. The van der Waals surface area contributed by atoms with Gasteiger partial charge in [-0.3, -0.25) is 4.79 Å². The molecule has 14 atom stereocenters. The van der Waals surface area contributed by atoms with Crippen molar-refractivity contribution in [3.63, 3.8) is 0 Å². The van der Waals surface area contributed by atoms with Gasteiger partial charge in [0.05, 0.1) is 24.4 Å². The van der Waals surface area contributed by atoms with Crippen molar-refractivity contribution in [2.75, 3.05) is 34.5 Å². The van der Waals surface area contributed by atoms with Crippen LogP contribution in [0.3, 0.4) is 0 Å². The van der Waals surface area contributed by atoms with Crippen LogP contribution in [0.4, 0.5) is 0 Å². The maximum atomic E-state index is 14.0. The summed E-state index contributed by atoms with van der Waals surface area (Å²) >= 11 is 0. The molecule has 0 saturated heterocycles. The highest BCUT2D eigenvalue weighted by molar-refractivity contribution is 5.89. The van der Waals surface area contributed by atoms with Crippen LogP contribution in [-0.4, -0.2) is 86.2 Å². The van der Waals surface area contributed by atoms with Gasteiger partial charge in [0.25, 0.3) is 0 Å². The molecule has 0 radical (unpaired) electrons. The first-order valence-electron chi connectivity index (χ1n) is 20.1. The van der Waals surface area contributed by atoms with Crippen molar-refractivity contribution in [2.45, 2.75) is 138 Å². The highest BCUT2D eigenvalue weighted by atomic mass is 16.6. The topological polar surface area (TPSA) is 121 Å². The van der Waals surface area contributed by atoms with E-state index in [1.54, 1.807) is 52.5 Å². The number of carbonyl (C=O) groups excluding carboxylic acids is 2. The van der Waals surface area contributed by atoms with Crippen LogP contribution in [0.2, 0.25) is 0 Å². The molecule has 2 fully saturated rings. The number of esters is 2. The average Bonchev–Trinajstić information content (AvgIpc) is 3.35. The second kappa shape index (κ2) is 18.3. The fourth-order valence-corrected chi connectivity index (χ4v) is 11.1. The van der Waals surface area contributed by atoms with Crippen molar-refractivity contribution in [2.24, 2.45) is 58.2 Å². The van der Waals surface area contributed by atoms with Gasteiger partial charge in [0.15, 0.2) is 0 Å². The second-order valence-corrected chi connectivity index (χ2v) is 18.3. The Kier molecular flexibility index (Phi) is 15.6. The maximum Gasteiger partial charge on any atom is 0.338 e. The third-order valence-corrected chi connectivity index (χ3v) is 14.1. The molecule has 3 rings (SSSR count). The molecule has 304 valence electrons. The molecule has 1 aromatic rings. The predicted molar refractivity (Wildman–Crippen MR) is 208 cm³/mol. The minimum absolute atomic E-state index is 0.0177. The van der Waals surface area contributed by atoms with Gasteiger partial charge in [0.1, 0.15) is 17.3 Å². The van der Waals surface area contributed by atoms with Crippen LogP contribution in [0.15, 0.2) is 30.3 Å². The molecule has 2 aliphatic carbocycles. The highest BCUT2D eigenvalue weighted by Crippen LogP contribution is 2.59. The standard InChI is InChI=1S/C44H74O9/c1-15-44(53-33(8)45,37-29(4)24-43(48,32(7)51-14)39(37)52-40(47)34-19-17-16-18-20-34)38-30(5)28(3)21-36(46)42(11,26-50-13)23-27(2)22-41(9,10)31(6)35(38)25-49-12/h16-20,27-32,35-39,46,48H,15,21-26H2,1-14H3/t27-,28-,29-,30?,31+,32+,35-,36-,37-,38-,39-,42-,43+,44-/m1/s1. The Morgan fingerprint density at radius 1 is 0.925 bits per heavy atom. The lowest BCUT2D eigenvalue weighted by atomic mass is 9.54. The normalized spacial score (nSPS) is 38.5. The van der Waals surface area contributed by atoms with Crippen molar-refractivity contribution in [3.8, 4) is 0 Å². The number of methoxy groups -OCH3 is 3. The Bertz CT molecular complexity index is 1320. The monoisotopic (exact) mass is 747 g/mol. The lowest BCUT2D eigenvalue weighted by molar-refractivity contribution is -0.217. The summed E-state index contributed by atoms with van der Waals surface area (Å²) in [5, 5.41) is 24.7. The molecule has 0 heterocycles. The zero-order chi connectivity index (χ0) is 40.1. The van der Waals surface area contributed by atoms with Crippen molar-refractivity contribution in [1.29, 1.82) is 0 Å². The number of aliphatic hydroxyl groups excluding tert-OH is 1. The van der Waals surface area contributed by atoms with E-state index in [2.05, 4.69) is 55.4 Å². The Hall–Kier alpha value is -2.04. The fraction of sp³-hybridized carbons (Fsp3) is 0.818. The molecule has 2 aliphatic rings. The van der Waals surface area contributed by atoms with Gasteiger partial charge in [-0.25, -0.2) is 4.79 Å². The van der Waals surface area contributed by atoms with E-state index in [-0.39, 0.29) is 47.3 Å². The Morgan fingerprint density at radius 3 is 2.08 bits per heavy atom. The van der Waals surface area contributed by atoms with Crippen LogP contribution in [0.5, 0.6) is 0 Å².